The molecule has 7 N–H and O–H groups in total. The number of benzene rings is 1. The lowest BCUT2D eigenvalue weighted by Gasteiger charge is -2.50. The van der Waals surface area contributed by atoms with Crippen molar-refractivity contribution in [2.75, 3.05) is 27.7 Å². The SMILES string of the molecule is COc1c(CNCC2CCCC2)cc(O)c2c1C[C@H]1C[C@H]3[C@H](N(C)C)C(=O)C(C(N)=O)=C(O)[C@@]3(O)C(=O)C1=C2O. The van der Waals surface area contributed by atoms with Crippen LogP contribution in [-0.2, 0) is 27.3 Å². The van der Waals surface area contributed by atoms with Crippen molar-refractivity contribution in [3.8, 4) is 11.5 Å². The molecular formula is C29H37N3O8. The van der Waals surface area contributed by atoms with Gasteiger partial charge in [-0.25, -0.2) is 0 Å². The Hall–Kier alpha value is -3.41. The second kappa shape index (κ2) is 10.2. The first-order valence-electron chi connectivity index (χ1n) is 13.7. The van der Waals surface area contributed by atoms with E-state index in [-0.39, 0.29) is 29.7 Å². The van der Waals surface area contributed by atoms with Crippen molar-refractivity contribution >= 4 is 23.2 Å². The maximum Gasteiger partial charge on any atom is 0.255 e. The first-order valence-corrected chi connectivity index (χ1v) is 13.7. The van der Waals surface area contributed by atoms with E-state index in [1.807, 2.05) is 0 Å². The smallest absolute Gasteiger partial charge is 0.255 e. The Bertz CT molecular complexity index is 1340. The van der Waals surface area contributed by atoms with Crippen molar-refractivity contribution in [2.24, 2.45) is 23.5 Å². The molecule has 0 saturated heterocycles. The zero-order valence-corrected chi connectivity index (χ0v) is 23.0. The van der Waals surface area contributed by atoms with Gasteiger partial charge >= 0.3 is 0 Å². The van der Waals surface area contributed by atoms with Crippen LogP contribution in [0.1, 0.15) is 48.8 Å². The molecule has 2 saturated carbocycles. The molecule has 1 aromatic carbocycles. The summed E-state index contributed by atoms with van der Waals surface area (Å²) < 4.78 is 5.76. The number of phenols is 1. The molecule has 4 aliphatic carbocycles. The summed E-state index contributed by atoms with van der Waals surface area (Å²) in [7, 11) is 4.64. The van der Waals surface area contributed by atoms with E-state index in [2.05, 4.69) is 5.32 Å². The van der Waals surface area contributed by atoms with Gasteiger partial charge in [-0.05, 0) is 64.2 Å². The quantitative estimate of drug-likeness (QED) is 0.268. The van der Waals surface area contributed by atoms with Crippen LogP contribution in [-0.4, -0.2) is 82.2 Å². The summed E-state index contributed by atoms with van der Waals surface area (Å²) >= 11 is 0. The molecule has 11 nitrogen and oxygen atoms in total. The van der Waals surface area contributed by atoms with Crippen molar-refractivity contribution in [1.29, 1.82) is 0 Å². The maximum atomic E-state index is 13.9. The number of hydrogen-bond acceptors (Lipinski definition) is 10. The third-order valence-electron chi connectivity index (χ3n) is 9.18. The number of likely N-dealkylation sites (N-methyl/N-ethyl adjacent to an activating group) is 1. The van der Waals surface area contributed by atoms with Crippen LogP contribution in [0, 0.1) is 17.8 Å². The summed E-state index contributed by atoms with van der Waals surface area (Å²) in [6.45, 7) is 1.29. The number of nitrogens with one attached hydrogen (secondary N) is 1. The highest BCUT2D eigenvalue weighted by atomic mass is 16.5. The van der Waals surface area contributed by atoms with Crippen molar-refractivity contribution in [2.45, 2.75) is 56.7 Å². The van der Waals surface area contributed by atoms with E-state index in [9.17, 15) is 34.8 Å². The minimum atomic E-state index is -2.66. The first kappa shape index (κ1) is 28.1. The van der Waals surface area contributed by atoms with E-state index in [1.165, 1.54) is 43.8 Å². The molecule has 4 atom stereocenters. The zero-order valence-electron chi connectivity index (χ0n) is 23.0. The second-order valence-corrected chi connectivity index (χ2v) is 11.7. The van der Waals surface area contributed by atoms with Crippen LogP contribution in [0.2, 0.25) is 0 Å². The molecule has 0 radical (unpaired) electrons. The minimum absolute atomic E-state index is 0.0210. The van der Waals surface area contributed by atoms with Gasteiger partial charge in [-0.2, -0.15) is 0 Å². The number of Topliss-reactive ketones (excluding diaryl/α,β-unsaturated/α-hetero) is 2. The van der Waals surface area contributed by atoms with E-state index < -0.39 is 58.0 Å². The number of primary amides is 1. The predicted molar refractivity (Wildman–Crippen MR) is 144 cm³/mol. The molecule has 1 aromatic rings. The predicted octanol–water partition coefficient (Wildman–Crippen LogP) is 1.25. The Balaban J connectivity index is 1.59. The fourth-order valence-corrected chi connectivity index (χ4v) is 7.37. The van der Waals surface area contributed by atoms with E-state index >= 15 is 0 Å². The fraction of sp³-hybridized carbons (Fsp3) is 0.552. The molecule has 4 aliphatic rings. The van der Waals surface area contributed by atoms with Crippen molar-refractivity contribution in [1.82, 2.24) is 10.2 Å². The summed E-state index contributed by atoms with van der Waals surface area (Å²) in [4.78, 5) is 40.7. The second-order valence-electron chi connectivity index (χ2n) is 11.7. The number of fused-ring (bicyclic) bond motifs is 3. The number of aromatic hydroxyl groups is 1. The molecule has 0 aliphatic heterocycles. The molecule has 0 heterocycles. The lowest BCUT2D eigenvalue weighted by atomic mass is 9.57. The van der Waals surface area contributed by atoms with Crippen molar-refractivity contribution in [3.63, 3.8) is 0 Å². The van der Waals surface area contributed by atoms with Crippen LogP contribution in [0.5, 0.6) is 11.5 Å². The van der Waals surface area contributed by atoms with Gasteiger partial charge in [0.2, 0.25) is 5.78 Å². The number of ether oxygens (including phenoxy) is 1. The van der Waals surface area contributed by atoms with E-state index in [1.54, 1.807) is 14.1 Å². The molecule has 0 aromatic heterocycles. The van der Waals surface area contributed by atoms with Gasteiger partial charge in [0.25, 0.3) is 5.91 Å². The normalized spacial score (nSPS) is 28.6. The van der Waals surface area contributed by atoms with Crippen LogP contribution >= 0.6 is 0 Å². The van der Waals surface area contributed by atoms with Crippen molar-refractivity contribution < 1.29 is 39.5 Å². The first-order chi connectivity index (χ1) is 18.9. The van der Waals surface area contributed by atoms with Gasteiger partial charge in [0.05, 0.1) is 18.7 Å². The molecule has 1 amide bonds. The number of carbonyl (C=O) groups is 3. The third-order valence-corrected chi connectivity index (χ3v) is 9.18. The van der Waals surface area contributed by atoms with Gasteiger partial charge in [-0.15, -0.1) is 0 Å². The molecule has 0 unspecified atom stereocenters. The van der Waals surface area contributed by atoms with Crippen LogP contribution in [0.15, 0.2) is 23.0 Å². The molecule has 0 bridgehead atoms. The number of aliphatic hydroxyl groups is 3. The summed E-state index contributed by atoms with van der Waals surface area (Å²) in [5.41, 5.74) is 2.93. The van der Waals surface area contributed by atoms with Crippen LogP contribution < -0.4 is 15.8 Å². The highest BCUT2D eigenvalue weighted by molar-refractivity contribution is 6.24. The van der Waals surface area contributed by atoms with Gasteiger partial charge in [0.1, 0.15) is 28.6 Å². The monoisotopic (exact) mass is 555 g/mol. The number of amides is 1. The molecule has 40 heavy (non-hydrogen) atoms. The Morgan fingerprint density at radius 2 is 1.88 bits per heavy atom. The third kappa shape index (κ3) is 4.10. The number of aliphatic hydroxyl groups excluding tert-OH is 2. The molecule has 0 spiro atoms. The summed E-state index contributed by atoms with van der Waals surface area (Å²) in [6.07, 6.45) is 5.05. The Morgan fingerprint density at radius 1 is 1.20 bits per heavy atom. The number of nitrogens with zero attached hydrogens (tertiary/aromatic N) is 1. The van der Waals surface area contributed by atoms with Gasteiger partial charge in [-0.3, -0.25) is 19.3 Å². The molecule has 5 rings (SSSR count). The number of ketones is 2. The van der Waals surface area contributed by atoms with Crippen LogP contribution in [0.3, 0.4) is 0 Å². The Kier molecular flexibility index (Phi) is 7.18. The molecule has 11 heteroatoms. The van der Waals surface area contributed by atoms with Crippen LogP contribution in [0.25, 0.3) is 5.76 Å². The molecule has 216 valence electrons. The number of phenolic OH excluding ortho intramolecular Hbond substituents is 1. The number of rotatable bonds is 7. The number of hydrogen-bond donors (Lipinski definition) is 6. The van der Waals surface area contributed by atoms with Crippen LogP contribution in [0.4, 0.5) is 0 Å². The number of nitrogens with two attached hydrogens (primary N) is 1. The fourth-order valence-electron chi connectivity index (χ4n) is 7.37. The summed E-state index contributed by atoms with van der Waals surface area (Å²) in [5.74, 6) is -5.65. The number of carbonyl (C=O) groups excluding carboxylic acids is 3. The van der Waals surface area contributed by atoms with E-state index in [0.29, 0.717) is 29.3 Å². The Morgan fingerprint density at radius 3 is 2.48 bits per heavy atom. The average Bonchev–Trinajstić information content (AvgIpc) is 3.39. The molecule has 2 fully saturated rings. The average molecular weight is 556 g/mol. The maximum absolute atomic E-state index is 13.9. The lowest BCUT2D eigenvalue weighted by molar-refractivity contribution is -0.153. The van der Waals surface area contributed by atoms with Crippen molar-refractivity contribution in [3.05, 3.63) is 39.7 Å². The highest BCUT2D eigenvalue weighted by Gasteiger charge is 2.64. The van der Waals surface area contributed by atoms with Gasteiger partial charge in [-0.1, -0.05) is 12.8 Å². The van der Waals surface area contributed by atoms with E-state index in [0.717, 1.165) is 6.54 Å². The highest BCUT2D eigenvalue weighted by Crippen LogP contribution is 2.54. The summed E-state index contributed by atoms with van der Waals surface area (Å²) in [6, 6.07) is 0.365. The lowest BCUT2D eigenvalue weighted by Crippen LogP contribution is -2.65. The van der Waals surface area contributed by atoms with Gasteiger partial charge < -0.3 is 36.2 Å². The standard InChI is InChI=1S/C29H37N3O8/c1-32(2)22-17-9-14-8-16-20(18(33)10-15(25(16)40-3)12-31-11-13-6-4-5-7-13)23(34)19(14)26(36)29(17,39)27(37)21(24(22)35)28(30)38/h10,13-14,17,22,31,33-34,37,39H,4-9,11-12H2,1-3H3,(H2,30,38)/t14-,17-,22-,29-/m0/s1. The van der Waals surface area contributed by atoms with Gasteiger partial charge in [0.15, 0.2) is 11.4 Å². The minimum Gasteiger partial charge on any atom is -0.508 e. The summed E-state index contributed by atoms with van der Waals surface area (Å²) in [5, 5.41) is 48.5. The topological polar surface area (TPSA) is 183 Å². The Labute approximate surface area is 232 Å². The zero-order chi connectivity index (χ0) is 29.1. The van der Waals surface area contributed by atoms with E-state index in [4.69, 9.17) is 10.5 Å². The number of methoxy groups -OCH3 is 1. The largest absolute Gasteiger partial charge is 0.508 e. The molecular weight excluding hydrogens is 518 g/mol. The van der Waals surface area contributed by atoms with Gasteiger partial charge in [0, 0.05) is 29.2 Å².